The van der Waals surface area contributed by atoms with Gasteiger partial charge in [-0.3, -0.25) is 0 Å². The SMILES string of the molecule is CC(C)(C)C(O)C(O)Cc1nc(-c2ccccc2)cs1. The number of aliphatic hydroxyl groups is 2. The summed E-state index contributed by atoms with van der Waals surface area (Å²) < 4.78 is 0. The van der Waals surface area contributed by atoms with E-state index in [1.165, 1.54) is 11.3 Å². The highest BCUT2D eigenvalue weighted by atomic mass is 32.1. The zero-order valence-electron chi connectivity index (χ0n) is 12.1. The van der Waals surface area contributed by atoms with Gasteiger partial charge < -0.3 is 10.2 Å². The topological polar surface area (TPSA) is 53.4 Å². The van der Waals surface area contributed by atoms with Crippen molar-refractivity contribution in [3.63, 3.8) is 0 Å². The van der Waals surface area contributed by atoms with Crippen molar-refractivity contribution in [3.05, 3.63) is 40.7 Å². The molecule has 0 amide bonds. The Bertz CT molecular complexity index is 545. The molecule has 1 aromatic carbocycles. The van der Waals surface area contributed by atoms with Gasteiger partial charge in [-0.25, -0.2) is 4.98 Å². The Labute approximate surface area is 123 Å². The van der Waals surface area contributed by atoms with Crippen molar-refractivity contribution < 1.29 is 10.2 Å². The molecule has 3 nitrogen and oxygen atoms in total. The van der Waals surface area contributed by atoms with Gasteiger partial charge in [0.2, 0.25) is 0 Å². The number of aliphatic hydroxyl groups excluding tert-OH is 2. The molecule has 2 atom stereocenters. The van der Waals surface area contributed by atoms with Gasteiger partial charge in [0.25, 0.3) is 0 Å². The highest BCUT2D eigenvalue weighted by Gasteiger charge is 2.29. The highest BCUT2D eigenvalue weighted by Crippen LogP contribution is 2.26. The largest absolute Gasteiger partial charge is 0.390 e. The maximum Gasteiger partial charge on any atom is 0.0959 e. The Morgan fingerprint density at radius 1 is 1.15 bits per heavy atom. The maximum atomic E-state index is 10.1. The average Bonchev–Trinajstić information content (AvgIpc) is 2.86. The fourth-order valence-corrected chi connectivity index (χ4v) is 2.87. The minimum Gasteiger partial charge on any atom is -0.390 e. The minimum atomic E-state index is -0.787. The van der Waals surface area contributed by atoms with Crippen LogP contribution in [0.2, 0.25) is 0 Å². The van der Waals surface area contributed by atoms with Gasteiger partial charge in [-0.2, -0.15) is 0 Å². The number of benzene rings is 1. The average molecular weight is 291 g/mol. The van der Waals surface area contributed by atoms with Gasteiger partial charge in [-0.05, 0) is 5.41 Å². The van der Waals surface area contributed by atoms with Crippen LogP contribution in [0.5, 0.6) is 0 Å². The number of rotatable bonds is 4. The molecule has 2 N–H and O–H groups in total. The van der Waals surface area contributed by atoms with E-state index < -0.39 is 12.2 Å². The first kappa shape index (κ1) is 15.2. The summed E-state index contributed by atoms with van der Waals surface area (Å²) in [4.78, 5) is 4.53. The highest BCUT2D eigenvalue weighted by molar-refractivity contribution is 7.09. The molecule has 0 radical (unpaired) electrons. The minimum absolute atomic E-state index is 0.334. The predicted molar refractivity (Wildman–Crippen MR) is 82.7 cm³/mol. The second-order valence-electron chi connectivity index (χ2n) is 6.07. The Kier molecular flexibility index (Phi) is 4.58. The van der Waals surface area contributed by atoms with Crippen molar-refractivity contribution in [2.45, 2.75) is 39.4 Å². The monoisotopic (exact) mass is 291 g/mol. The van der Waals surface area contributed by atoms with Crippen LogP contribution in [-0.4, -0.2) is 27.4 Å². The molecule has 0 spiro atoms. The second-order valence-corrected chi connectivity index (χ2v) is 7.02. The van der Waals surface area contributed by atoms with Crippen LogP contribution < -0.4 is 0 Å². The Morgan fingerprint density at radius 2 is 1.80 bits per heavy atom. The number of nitrogens with zero attached hydrogens (tertiary/aromatic N) is 1. The fraction of sp³-hybridized carbons (Fsp3) is 0.438. The van der Waals surface area contributed by atoms with Crippen LogP contribution in [0.3, 0.4) is 0 Å². The molecule has 108 valence electrons. The van der Waals surface area contributed by atoms with E-state index >= 15 is 0 Å². The van der Waals surface area contributed by atoms with Gasteiger partial charge in [0.1, 0.15) is 0 Å². The van der Waals surface area contributed by atoms with Crippen LogP contribution in [0.1, 0.15) is 25.8 Å². The third-order valence-corrected chi connectivity index (χ3v) is 4.13. The van der Waals surface area contributed by atoms with Crippen LogP contribution >= 0.6 is 11.3 Å². The first-order valence-electron chi connectivity index (χ1n) is 6.74. The van der Waals surface area contributed by atoms with Crippen molar-refractivity contribution >= 4 is 11.3 Å². The molecular formula is C16H21NO2S. The lowest BCUT2D eigenvalue weighted by molar-refractivity contribution is -0.0434. The van der Waals surface area contributed by atoms with E-state index in [0.29, 0.717) is 6.42 Å². The van der Waals surface area contributed by atoms with Crippen molar-refractivity contribution in [1.29, 1.82) is 0 Å². The fourth-order valence-electron chi connectivity index (χ4n) is 2.01. The van der Waals surface area contributed by atoms with Gasteiger partial charge in [0, 0.05) is 17.4 Å². The maximum absolute atomic E-state index is 10.1. The summed E-state index contributed by atoms with van der Waals surface area (Å²) in [5, 5.41) is 23.0. The van der Waals surface area contributed by atoms with Crippen LogP contribution in [0.25, 0.3) is 11.3 Å². The molecule has 0 saturated carbocycles. The smallest absolute Gasteiger partial charge is 0.0959 e. The molecule has 0 fully saturated rings. The number of thiazole rings is 1. The molecule has 1 aromatic heterocycles. The van der Waals surface area contributed by atoms with Gasteiger partial charge >= 0.3 is 0 Å². The molecule has 0 aliphatic rings. The Balaban J connectivity index is 2.07. The molecule has 2 rings (SSSR count). The van der Waals surface area contributed by atoms with Crippen LogP contribution in [0, 0.1) is 5.41 Å². The molecule has 2 unspecified atom stereocenters. The summed E-state index contributed by atoms with van der Waals surface area (Å²) >= 11 is 1.52. The molecular weight excluding hydrogens is 270 g/mol. The second kappa shape index (κ2) is 6.04. The molecule has 0 saturated heterocycles. The molecule has 0 bridgehead atoms. The van der Waals surface area contributed by atoms with E-state index in [1.54, 1.807) is 0 Å². The quantitative estimate of drug-likeness (QED) is 0.910. The molecule has 1 heterocycles. The molecule has 0 aliphatic heterocycles. The van der Waals surface area contributed by atoms with Crippen LogP contribution in [-0.2, 0) is 6.42 Å². The van der Waals surface area contributed by atoms with E-state index in [2.05, 4.69) is 4.98 Å². The predicted octanol–water partition coefficient (Wildman–Crippen LogP) is 3.12. The zero-order chi connectivity index (χ0) is 14.8. The van der Waals surface area contributed by atoms with Crippen molar-refractivity contribution in [1.82, 2.24) is 4.98 Å². The van der Waals surface area contributed by atoms with Gasteiger partial charge in [-0.15, -0.1) is 11.3 Å². The van der Waals surface area contributed by atoms with E-state index in [-0.39, 0.29) is 5.41 Å². The van der Waals surface area contributed by atoms with E-state index in [4.69, 9.17) is 0 Å². The summed E-state index contributed by atoms with van der Waals surface area (Å²) in [7, 11) is 0. The third kappa shape index (κ3) is 3.66. The first-order valence-corrected chi connectivity index (χ1v) is 7.62. The number of hydrogen-bond acceptors (Lipinski definition) is 4. The van der Waals surface area contributed by atoms with E-state index in [9.17, 15) is 10.2 Å². The lowest BCUT2D eigenvalue weighted by atomic mass is 9.85. The van der Waals surface area contributed by atoms with Crippen molar-refractivity contribution in [3.8, 4) is 11.3 Å². The summed E-state index contributed by atoms with van der Waals surface area (Å²) in [6.07, 6.45) is -1.16. The number of aromatic nitrogens is 1. The third-order valence-electron chi connectivity index (χ3n) is 3.26. The van der Waals surface area contributed by atoms with E-state index in [1.807, 2.05) is 56.5 Å². The summed E-state index contributed by atoms with van der Waals surface area (Å²) in [6.45, 7) is 5.74. The number of hydrogen-bond donors (Lipinski definition) is 2. The lowest BCUT2D eigenvalue weighted by Gasteiger charge is -2.29. The summed E-state index contributed by atoms with van der Waals surface area (Å²) in [5.74, 6) is 0. The normalized spacial score (nSPS) is 15.1. The summed E-state index contributed by atoms with van der Waals surface area (Å²) in [6, 6.07) is 9.96. The summed E-state index contributed by atoms with van der Waals surface area (Å²) in [5.41, 5.74) is 1.66. The van der Waals surface area contributed by atoms with Crippen molar-refractivity contribution in [2.24, 2.45) is 5.41 Å². The van der Waals surface area contributed by atoms with Crippen molar-refractivity contribution in [2.75, 3.05) is 0 Å². The lowest BCUT2D eigenvalue weighted by Crippen LogP contribution is -2.38. The Morgan fingerprint density at radius 3 is 2.40 bits per heavy atom. The molecule has 0 aliphatic carbocycles. The van der Waals surface area contributed by atoms with Crippen LogP contribution in [0.4, 0.5) is 0 Å². The van der Waals surface area contributed by atoms with Gasteiger partial charge in [-0.1, -0.05) is 51.1 Å². The van der Waals surface area contributed by atoms with Crippen LogP contribution in [0.15, 0.2) is 35.7 Å². The standard InChI is InChI=1S/C16H21NO2S/c1-16(2,3)15(19)13(18)9-14-17-12(10-20-14)11-7-5-4-6-8-11/h4-8,10,13,15,18-19H,9H2,1-3H3. The van der Waals surface area contributed by atoms with Gasteiger partial charge in [0.05, 0.1) is 22.9 Å². The molecule has 20 heavy (non-hydrogen) atoms. The zero-order valence-corrected chi connectivity index (χ0v) is 12.9. The molecule has 4 heteroatoms. The Hall–Kier alpha value is -1.23. The first-order chi connectivity index (χ1) is 9.38. The van der Waals surface area contributed by atoms with E-state index in [0.717, 1.165) is 16.3 Å². The molecule has 2 aromatic rings. The van der Waals surface area contributed by atoms with Gasteiger partial charge in [0.15, 0.2) is 0 Å².